The first-order valence-corrected chi connectivity index (χ1v) is 10.5. The molecule has 0 spiro atoms. The van der Waals surface area contributed by atoms with E-state index < -0.39 is 41.2 Å². The first-order valence-electron chi connectivity index (χ1n) is 9.68. The number of carbonyl (C=O) groups is 3. The molecule has 1 aromatic heterocycles. The summed E-state index contributed by atoms with van der Waals surface area (Å²) in [6, 6.07) is 12.8. The summed E-state index contributed by atoms with van der Waals surface area (Å²) in [6.07, 6.45) is -3.25. The quantitative estimate of drug-likeness (QED) is 0.362. The highest BCUT2D eigenvalue weighted by molar-refractivity contribution is 8.18. The maximum atomic E-state index is 13.1. The number of alkyl halides is 3. The molecular weight excluding hydrogens is 476 g/mol. The molecule has 11 heteroatoms. The van der Waals surface area contributed by atoms with Gasteiger partial charge in [0.25, 0.3) is 11.1 Å². The van der Waals surface area contributed by atoms with Crippen LogP contribution < -0.4 is 5.32 Å². The second kappa shape index (κ2) is 9.18. The molecular formula is C23H14F4N2O4S. The van der Waals surface area contributed by atoms with Gasteiger partial charge in [-0.2, -0.15) is 13.2 Å². The molecule has 4 rings (SSSR count). The van der Waals surface area contributed by atoms with E-state index in [2.05, 4.69) is 5.32 Å². The first kappa shape index (κ1) is 23.3. The summed E-state index contributed by atoms with van der Waals surface area (Å²) in [5.74, 6) is -1.29. The Morgan fingerprint density at radius 1 is 1.06 bits per heavy atom. The third-order valence-electron chi connectivity index (χ3n) is 4.68. The summed E-state index contributed by atoms with van der Waals surface area (Å²) in [6.45, 7) is -0.669. The number of rotatable bonds is 5. The number of nitrogens with one attached hydrogen (secondary N) is 1. The van der Waals surface area contributed by atoms with Crippen LogP contribution in [-0.2, 0) is 15.8 Å². The van der Waals surface area contributed by atoms with E-state index in [-0.39, 0.29) is 16.4 Å². The zero-order chi connectivity index (χ0) is 24.5. The molecule has 0 saturated carbocycles. The van der Waals surface area contributed by atoms with Crippen molar-refractivity contribution >= 4 is 40.6 Å². The van der Waals surface area contributed by atoms with Gasteiger partial charge in [0.15, 0.2) is 0 Å². The van der Waals surface area contributed by atoms with Crippen LogP contribution >= 0.6 is 11.8 Å². The lowest BCUT2D eigenvalue weighted by molar-refractivity contribution is -0.137. The highest BCUT2D eigenvalue weighted by Crippen LogP contribution is 2.34. The SMILES string of the molecule is O=C(CN1C(=O)S/C(=C\c2ccc(-c3ccc(F)cc3)o2)C1=O)Nc1cccc(C(F)(F)F)c1. The fraction of sp³-hybridized carbons (Fsp3) is 0.0870. The lowest BCUT2D eigenvalue weighted by atomic mass is 10.2. The molecule has 1 saturated heterocycles. The highest BCUT2D eigenvalue weighted by atomic mass is 32.2. The van der Waals surface area contributed by atoms with Crippen LogP contribution in [-0.4, -0.2) is 28.5 Å². The predicted molar refractivity (Wildman–Crippen MR) is 117 cm³/mol. The smallest absolute Gasteiger partial charge is 0.416 e. The van der Waals surface area contributed by atoms with Gasteiger partial charge >= 0.3 is 6.18 Å². The Morgan fingerprint density at radius 3 is 2.50 bits per heavy atom. The standard InChI is InChI=1S/C23H14F4N2O4S/c24-15-6-4-13(5-7-15)18-9-8-17(33-18)11-19-21(31)29(22(32)34-19)12-20(30)28-16-3-1-2-14(10-16)23(25,26)27/h1-11H,12H2,(H,28,30)/b19-11-. The van der Waals surface area contributed by atoms with Gasteiger partial charge in [-0.1, -0.05) is 6.07 Å². The number of hydrogen-bond donors (Lipinski definition) is 1. The number of furan rings is 1. The minimum absolute atomic E-state index is 0.0110. The third-order valence-corrected chi connectivity index (χ3v) is 5.59. The molecule has 34 heavy (non-hydrogen) atoms. The second-order valence-electron chi connectivity index (χ2n) is 7.10. The van der Waals surface area contributed by atoms with E-state index in [4.69, 9.17) is 4.42 Å². The van der Waals surface area contributed by atoms with Crippen LogP contribution in [0, 0.1) is 5.82 Å². The molecule has 3 aromatic rings. The monoisotopic (exact) mass is 490 g/mol. The van der Waals surface area contributed by atoms with E-state index in [1.807, 2.05) is 0 Å². The number of imide groups is 1. The Balaban J connectivity index is 1.43. The maximum absolute atomic E-state index is 13.1. The Hall–Kier alpha value is -3.86. The average molecular weight is 490 g/mol. The molecule has 2 heterocycles. The van der Waals surface area contributed by atoms with Crippen molar-refractivity contribution in [2.75, 3.05) is 11.9 Å². The summed E-state index contributed by atoms with van der Waals surface area (Å²) in [7, 11) is 0. The molecule has 0 bridgehead atoms. The Morgan fingerprint density at radius 2 is 1.79 bits per heavy atom. The first-order chi connectivity index (χ1) is 16.1. The molecule has 3 amide bonds. The molecule has 0 atom stereocenters. The zero-order valence-corrected chi connectivity index (χ0v) is 17.9. The predicted octanol–water partition coefficient (Wildman–Crippen LogP) is 5.78. The van der Waals surface area contributed by atoms with Crippen molar-refractivity contribution in [3.05, 3.63) is 82.7 Å². The topological polar surface area (TPSA) is 79.6 Å². The third kappa shape index (κ3) is 5.20. The van der Waals surface area contributed by atoms with Gasteiger partial charge in [0.1, 0.15) is 23.9 Å². The summed E-state index contributed by atoms with van der Waals surface area (Å²) in [5.41, 5.74) is -0.454. The van der Waals surface area contributed by atoms with Crippen molar-refractivity contribution < 1.29 is 36.4 Å². The molecule has 174 valence electrons. The fourth-order valence-electron chi connectivity index (χ4n) is 3.08. The van der Waals surface area contributed by atoms with E-state index in [0.29, 0.717) is 28.0 Å². The Labute approximate surface area is 194 Å². The summed E-state index contributed by atoms with van der Waals surface area (Å²) in [4.78, 5) is 37.8. The molecule has 1 aliphatic heterocycles. The molecule has 0 aliphatic carbocycles. The number of hydrogen-bond acceptors (Lipinski definition) is 5. The minimum Gasteiger partial charge on any atom is -0.457 e. The molecule has 1 fully saturated rings. The summed E-state index contributed by atoms with van der Waals surface area (Å²) >= 11 is 0.598. The van der Waals surface area contributed by atoms with Gasteiger partial charge in [-0.15, -0.1) is 0 Å². The number of anilines is 1. The van der Waals surface area contributed by atoms with Gasteiger partial charge in [0, 0.05) is 17.3 Å². The number of halogens is 4. The maximum Gasteiger partial charge on any atom is 0.416 e. The van der Waals surface area contributed by atoms with Gasteiger partial charge in [-0.25, -0.2) is 4.39 Å². The number of thioether (sulfide) groups is 1. The summed E-state index contributed by atoms with van der Waals surface area (Å²) < 4.78 is 57.2. The van der Waals surface area contributed by atoms with Gasteiger partial charge in [-0.05, 0) is 66.4 Å². The van der Waals surface area contributed by atoms with Crippen LogP contribution in [0.15, 0.2) is 70.0 Å². The highest BCUT2D eigenvalue weighted by Gasteiger charge is 2.37. The Kier molecular flexibility index (Phi) is 6.29. The minimum atomic E-state index is -4.58. The average Bonchev–Trinajstić information content (AvgIpc) is 3.34. The second-order valence-corrected chi connectivity index (χ2v) is 8.10. The molecule has 0 unspecified atom stereocenters. The number of nitrogens with zero attached hydrogens (tertiary/aromatic N) is 1. The largest absolute Gasteiger partial charge is 0.457 e. The van der Waals surface area contributed by atoms with Gasteiger partial charge in [0.2, 0.25) is 5.91 Å². The van der Waals surface area contributed by atoms with Gasteiger partial charge in [-0.3, -0.25) is 19.3 Å². The van der Waals surface area contributed by atoms with E-state index in [9.17, 15) is 31.9 Å². The molecule has 2 aromatic carbocycles. The fourth-order valence-corrected chi connectivity index (χ4v) is 3.90. The van der Waals surface area contributed by atoms with Gasteiger partial charge < -0.3 is 9.73 Å². The van der Waals surface area contributed by atoms with E-state index in [1.165, 1.54) is 36.4 Å². The van der Waals surface area contributed by atoms with Crippen molar-refractivity contribution in [3.8, 4) is 11.3 Å². The zero-order valence-electron chi connectivity index (χ0n) is 17.1. The lowest BCUT2D eigenvalue weighted by Crippen LogP contribution is -2.36. The van der Waals surface area contributed by atoms with Crippen LogP contribution in [0.1, 0.15) is 11.3 Å². The molecule has 1 N–H and O–H groups in total. The van der Waals surface area contributed by atoms with Crippen LogP contribution in [0.5, 0.6) is 0 Å². The van der Waals surface area contributed by atoms with Crippen molar-refractivity contribution in [1.29, 1.82) is 0 Å². The normalized spacial score (nSPS) is 15.3. The van der Waals surface area contributed by atoms with Crippen molar-refractivity contribution in [3.63, 3.8) is 0 Å². The van der Waals surface area contributed by atoms with Gasteiger partial charge in [0.05, 0.1) is 10.5 Å². The number of amides is 3. The van der Waals surface area contributed by atoms with Crippen molar-refractivity contribution in [2.24, 2.45) is 0 Å². The number of benzene rings is 2. The van der Waals surface area contributed by atoms with Crippen LogP contribution in [0.25, 0.3) is 17.4 Å². The van der Waals surface area contributed by atoms with Crippen LogP contribution in [0.2, 0.25) is 0 Å². The number of carbonyl (C=O) groups excluding carboxylic acids is 3. The molecule has 6 nitrogen and oxygen atoms in total. The van der Waals surface area contributed by atoms with E-state index in [0.717, 1.165) is 18.2 Å². The van der Waals surface area contributed by atoms with Crippen LogP contribution in [0.3, 0.4) is 0 Å². The van der Waals surface area contributed by atoms with E-state index >= 15 is 0 Å². The van der Waals surface area contributed by atoms with Crippen molar-refractivity contribution in [1.82, 2.24) is 4.90 Å². The van der Waals surface area contributed by atoms with Crippen molar-refractivity contribution in [2.45, 2.75) is 6.18 Å². The molecule has 0 radical (unpaired) electrons. The van der Waals surface area contributed by atoms with Crippen LogP contribution in [0.4, 0.5) is 28.0 Å². The summed E-state index contributed by atoms with van der Waals surface area (Å²) in [5, 5.41) is 1.55. The lowest BCUT2D eigenvalue weighted by Gasteiger charge is -2.13. The molecule has 1 aliphatic rings. The Bertz CT molecular complexity index is 1300. The van der Waals surface area contributed by atoms with E-state index in [1.54, 1.807) is 12.1 Å².